The van der Waals surface area contributed by atoms with Gasteiger partial charge in [0, 0.05) is 19.6 Å². The summed E-state index contributed by atoms with van der Waals surface area (Å²) >= 11 is 0. The fraction of sp³-hybridized carbons (Fsp3) is 0.667. The Hall–Kier alpha value is -0.990. The molecule has 66 valence electrons. The van der Waals surface area contributed by atoms with E-state index in [1.165, 1.54) is 18.7 Å². The van der Waals surface area contributed by atoms with Crippen LogP contribution in [0.25, 0.3) is 0 Å². The molecule has 0 aromatic carbocycles. The molecule has 1 unspecified atom stereocenters. The number of imidazole rings is 1. The molecule has 1 atom stereocenters. The molecule has 3 nitrogen and oxygen atoms in total. The third kappa shape index (κ3) is 1.09. The Kier molecular flexibility index (Phi) is 1.79. The van der Waals surface area contributed by atoms with Crippen LogP contribution in [-0.2, 0) is 6.54 Å². The molecule has 0 fully saturated rings. The van der Waals surface area contributed by atoms with E-state index in [9.17, 15) is 0 Å². The zero-order valence-electron chi connectivity index (χ0n) is 7.70. The van der Waals surface area contributed by atoms with Crippen LogP contribution >= 0.6 is 0 Å². The van der Waals surface area contributed by atoms with Crippen molar-refractivity contribution >= 4 is 5.82 Å². The fourth-order valence-electron chi connectivity index (χ4n) is 1.76. The summed E-state index contributed by atoms with van der Waals surface area (Å²) in [5, 5.41) is 0. The van der Waals surface area contributed by atoms with E-state index in [-0.39, 0.29) is 0 Å². The maximum absolute atomic E-state index is 4.15. The molecular formula is C9H15N3. The summed E-state index contributed by atoms with van der Waals surface area (Å²) < 4.78 is 2.23. The number of aryl methyl sites for hydroxylation is 1. The first-order valence-corrected chi connectivity index (χ1v) is 4.52. The molecular weight excluding hydrogens is 150 g/mol. The summed E-state index contributed by atoms with van der Waals surface area (Å²) in [6.45, 7) is 3.38. The molecule has 0 saturated carbocycles. The Balaban J connectivity index is 2.35. The van der Waals surface area contributed by atoms with Gasteiger partial charge >= 0.3 is 0 Å². The molecule has 0 N–H and O–H groups in total. The van der Waals surface area contributed by atoms with Gasteiger partial charge in [-0.05, 0) is 19.8 Å². The molecule has 12 heavy (non-hydrogen) atoms. The molecule has 1 aliphatic rings. The fourth-order valence-corrected chi connectivity index (χ4v) is 1.76. The average Bonchev–Trinajstić information content (AvgIpc) is 2.46. The normalized spacial score (nSPS) is 23.5. The summed E-state index contributed by atoms with van der Waals surface area (Å²) in [6, 6.07) is 0.642. The average molecular weight is 165 g/mol. The summed E-state index contributed by atoms with van der Waals surface area (Å²) in [7, 11) is 2.14. The topological polar surface area (TPSA) is 21.1 Å². The lowest BCUT2D eigenvalue weighted by atomic mass is 10.2. The van der Waals surface area contributed by atoms with Gasteiger partial charge in [-0.2, -0.15) is 0 Å². The quantitative estimate of drug-likeness (QED) is 0.581. The molecule has 2 heterocycles. The van der Waals surface area contributed by atoms with Crippen LogP contribution in [0.4, 0.5) is 5.82 Å². The Morgan fingerprint density at radius 2 is 2.42 bits per heavy atom. The molecule has 1 aliphatic heterocycles. The van der Waals surface area contributed by atoms with E-state index >= 15 is 0 Å². The standard InChI is InChI=1S/C9H15N3/c1-8-4-3-5-12-7-10-6-9(12)11(8)2/h6-8H,3-5H2,1-2H3. The van der Waals surface area contributed by atoms with Crippen LogP contribution in [-0.4, -0.2) is 22.6 Å². The maximum Gasteiger partial charge on any atom is 0.128 e. The van der Waals surface area contributed by atoms with Crippen molar-refractivity contribution in [3.05, 3.63) is 12.5 Å². The molecule has 0 amide bonds. The van der Waals surface area contributed by atoms with Crippen LogP contribution in [0.5, 0.6) is 0 Å². The van der Waals surface area contributed by atoms with Gasteiger partial charge < -0.3 is 9.47 Å². The maximum atomic E-state index is 4.15. The monoisotopic (exact) mass is 165 g/mol. The van der Waals surface area contributed by atoms with E-state index in [2.05, 4.69) is 28.4 Å². The number of fused-ring (bicyclic) bond motifs is 1. The summed E-state index contributed by atoms with van der Waals surface area (Å²) in [5.41, 5.74) is 0. The highest BCUT2D eigenvalue weighted by Gasteiger charge is 2.17. The highest BCUT2D eigenvalue weighted by atomic mass is 15.3. The van der Waals surface area contributed by atoms with Crippen LogP contribution in [0.2, 0.25) is 0 Å². The van der Waals surface area contributed by atoms with Crippen molar-refractivity contribution in [3.8, 4) is 0 Å². The second-order valence-electron chi connectivity index (χ2n) is 3.55. The van der Waals surface area contributed by atoms with Gasteiger partial charge in [-0.1, -0.05) is 0 Å². The van der Waals surface area contributed by atoms with Gasteiger partial charge in [-0.25, -0.2) is 4.98 Å². The van der Waals surface area contributed by atoms with Crippen molar-refractivity contribution in [2.45, 2.75) is 32.4 Å². The first kappa shape index (κ1) is 7.65. The third-order valence-corrected chi connectivity index (χ3v) is 2.73. The summed E-state index contributed by atoms with van der Waals surface area (Å²) in [4.78, 5) is 6.46. The van der Waals surface area contributed by atoms with Crippen molar-refractivity contribution < 1.29 is 0 Å². The Morgan fingerprint density at radius 1 is 1.58 bits per heavy atom. The molecule has 2 rings (SSSR count). The summed E-state index contributed by atoms with van der Waals surface area (Å²) in [5.74, 6) is 1.25. The van der Waals surface area contributed by atoms with Crippen LogP contribution in [0.3, 0.4) is 0 Å². The minimum Gasteiger partial charge on any atom is -0.357 e. The van der Waals surface area contributed by atoms with Crippen LogP contribution in [0.15, 0.2) is 12.5 Å². The van der Waals surface area contributed by atoms with Gasteiger partial charge in [0.15, 0.2) is 0 Å². The second-order valence-corrected chi connectivity index (χ2v) is 3.55. The number of nitrogens with zero attached hydrogens (tertiary/aromatic N) is 3. The molecule has 0 aliphatic carbocycles. The zero-order valence-corrected chi connectivity index (χ0v) is 7.70. The van der Waals surface area contributed by atoms with Gasteiger partial charge in [0.2, 0.25) is 0 Å². The predicted molar refractivity (Wildman–Crippen MR) is 49.3 cm³/mol. The lowest BCUT2D eigenvalue weighted by Gasteiger charge is -2.23. The number of aromatic nitrogens is 2. The van der Waals surface area contributed by atoms with Crippen molar-refractivity contribution in [1.82, 2.24) is 9.55 Å². The van der Waals surface area contributed by atoms with Crippen LogP contribution in [0, 0.1) is 0 Å². The SMILES string of the molecule is CC1CCCn2cncc2N1C. The Labute approximate surface area is 73.0 Å². The van der Waals surface area contributed by atoms with Gasteiger partial charge in [0.05, 0.1) is 12.5 Å². The van der Waals surface area contributed by atoms with E-state index in [1.807, 2.05) is 12.5 Å². The highest BCUT2D eigenvalue weighted by Crippen LogP contribution is 2.21. The first-order chi connectivity index (χ1) is 5.79. The van der Waals surface area contributed by atoms with E-state index in [0.717, 1.165) is 6.54 Å². The third-order valence-electron chi connectivity index (χ3n) is 2.73. The molecule has 3 heteroatoms. The van der Waals surface area contributed by atoms with Gasteiger partial charge in [-0.15, -0.1) is 0 Å². The second kappa shape index (κ2) is 2.81. The Bertz CT molecular complexity index is 266. The molecule has 1 aromatic rings. The van der Waals surface area contributed by atoms with E-state index in [0.29, 0.717) is 6.04 Å². The van der Waals surface area contributed by atoms with E-state index < -0.39 is 0 Å². The Morgan fingerprint density at radius 3 is 3.25 bits per heavy atom. The minimum atomic E-state index is 0.642. The predicted octanol–water partition coefficient (Wildman–Crippen LogP) is 1.50. The zero-order chi connectivity index (χ0) is 8.55. The highest BCUT2D eigenvalue weighted by molar-refractivity contribution is 5.38. The van der Waals surface area contributed by atoms with Gasteiger partial charge in [0.25, 0.3) is 0 Å². The number of hydrogen-bond acceptors (Lipinski definition) is 2. The number of hydrogen-bond donors (Lipinski definition) is 0. The molecule has 1 aromatic heterocycles. The molecule has 0 radical (unpaired) electrons. The lowest BCUT2D eigenvalue weighted by molar-refractivity contribution is 0.590. The van der Waals surface area contributed by atoms with Crippen molar-refractivity contribution in [3.63, 3.8) is 0 Å². The minimum absolute atomic E-state index is 0.642. The van der Waals surface area contributed by atoms with Crippen LogP contribution in [0.1, 0.15) is 19.8 Å². The first-order valence-electron chi connectivity index (χ1n) is 4.52. The van der Waals surface area contributed by atoms with Crippen LogP contribution < -0.4 is 4.90 Å². The smallest absolute Gasteiger partial charge is 0.128 e. The summed E-state index contributed by atoms with van der Waals surface area (Å²) in [6.07, 6.45) is 6.40. The number of anilines is 1. The number of rotatable bonds is 0. The van der Waals surface area contributed by atoms with Crippen molar-refractivity contribution in [2.75, 3.05) is 11.9 Å². The van der Waals surface area contributed by atoms with E-state index in [4.69, 9.17) is 0 Å². The van der Waals surface area contributed by atoms with Gasteiger partial charge in [-0.3, -0.25) is 0 Å². The largest absolute Gasteiger partial charge is 0.357 e. The molecule has 0 spiro atoms. The molecule has 0 bridgehead atoms. The van der Waals surface area contributed by atoms with E-state index in [1.54, 1.807) is 0 Å². The molecule has 0 saturated heterocycles. The van der Waals surface area contributed by atoms with Gasteiger partial charge in [0.1, 0.15) is 5.82 Å². The van der Waals surface area contributed by atoms with Crippen molar-refractivity contribution in [2.24, 2.45) is 0 Å². The lowest BCUT2D eigenvalue weighted by Crippen LogP contribution is -2.28. The van der Waals surface area contributed by atoms with Crippen molar-refractivity contribution in [1.29, 1.82) is 0 Å².